The van der Waals surface area contributed by atoms with E-state index in [0.29, 0.717) is 29.1 Å². The highest BCUT2D eigenvalue weighted by Gasteiger charge is 2.34. The van der Waals surface area contributed by atoms with Gasteiger partial charge in [-0.2, -0.15) is 0 Å². The fourth-order valence-electron chi connectivity index (χ4n) is 3.01. The minimum absolute atomic E-state index is 0.128. The first-order valence-electron chi connectivity index (χ1n) is 7.08. The molecule has 1 aromatic carbocycles. The van der Waals surface area contributed by atoms with Crippen molar-refractivity contribution in [3.8, 4) is 0 Å². The van der Waals surface area contributed by atoms with Gasteiger partial charge in [0.25, 0.3) is 5.91 Å². The van der Waals surface area contributed by atoms with E-state index in [1.165, 1.54) is 6.07 Å². The van der Waals surface area contributed by atoms with Crippen LogP contribution in [0.25, 0.3) is 0 Å². The molecule has 4 nitrogen and oxygen atoms in total. The zero-order valence-corrected chi connectivity index (χ0v) is 12.1. The van der Waals surface area contributed by atoms with Crippen LogP contribution in [-0.2, 0) is 0 Å². The summed E-state index contributed by atoms with van der Waals surface area (Å²) < 4.78 is 19.1. The second-order valence-corrected chi connectivity index (χ2v) is 5.38. The first-order chi connectivity index (χ1) is 10.1. The number of carbonyl (C=O) groups is 1. The zero-order valence-electron chi connectivity index (χ0n) is 12.1. The van der Waals surface area contributed by atoms with E-state index in [-0.39, 0.29) is 17.8 Å². The maximum atomic E-state index is 14.0. The van der Waals surface area contributed by atoms with Crippen LogP contribution in [0.3, 0.4) is 0 Å². The molecule has 0 N–H and O–H groups in total. The van der Waals surface area contributed by atoms with E-state index >= 15 is 0 Å². The highest BCUT2D eigenvalue weighted by atomic mass is 19.1. The van der Waals surface area contributed by atoms with Crippen molar-refractivity contribution < 1.29 is 13.7 Å². The number of aryl methyl sites for hydroxylation is 2. The third-order valence-electron chi connectivity index (χ3n) is 4.03. The molecule has 0 spiro atoms. The Kier molecular flexibility index (Phi) is 3.49. The van der Waals surface area contributed by atoms with Crippen LogP contribution in [0.2, 0.25) is 0 Å². The van der Waals surface area contributed by atoms with Crippen LogP contribution in [0.5, 0.6) is 0 Å². The molecular weight excluding hydrogens is 271 g/mol. The van der Waals surface area contributed by atoms with Crippen molar-refractivity contribution in [3.63, 3.8) is 0 Å². The van der Waals surface area contributed by atoms with Gasteiger partial charge in [-0.3, -0.25) is 4.79 Å². The summed E-state index contributed by atoms with van der Waals surface area (Å²) in [6.45, 7) is 4.10. The molecular formula is C16H17FN2O2. The van der Waals surface area contributed by atoms with Gasteiger partial charge in [0.1, 0.15) is 17.1 Å². The number of halogens is 1. The molecule has 1 fully saturated rings. The van der Waals surface area contributed by atoms with Crippen LogP contribution < -0.4 is 0 Å². The van der Waals surface area contributed by atoms with Crippen LogP contribution in [-0.4, -0.2) is 22.5 Å². The SMILES string of the molecule is Cc1noc(C)c1C(=O)N1CCC[C@@H]1c1ccccc1F. The van der Waals surface area contributed by atoms with Crippen LogP contribution in [0.15, 0.2) is 28.8 Å². The molecule has 1 saturated heterocycles. The van der Waals surface area contributed by atoms with Gasteiger partial charge in [0.2, 0.25) is 0 Å². The van der Waals surface area contributed by atoms with E-state index in [4.69, 9.17) is 4.52 Å². The molecule has 2 heterocycles. The number of nitrogens with zero attached hydrogens (tertiary/aromatic N) is 2. The first kappa shape index (κ1) is 13.8. The van der Waals surface area contributed by atoms with Gasteiger partial charge in [0, 0.05) is 12.1 Å². The van der Waals surface area contributed by atoms with Gasteiger partial charge in [0.05, 0.1) is 11.7 Å². The fraction of sp³-hybridized carbons (Fsp3) is 0.375. The number of benzene rings is 1. The predicted molar refractivity (Wildman–Crippen MR) is 75.4 cm³/mol. The summed E-state index contributed by atoms with van der Waals surface area (Å²) in [5.74, 6) is 0.120. The molecule has 1 atom stereocenters. The Morgan fingerprint density at radius 3 is 2.81 bits per heavy atom. The Labute approximate surface area is 122 Å². The molecule has 2 aromatic rings. The predicted octanol–water partition coefficient (Wildman–Crippen LogP) is 3.41. The van der Waals surface area contributed by atoms with Crippen molar-refractivity contribution in [2.75, 3.05) is 6.54 Å². The van der Waals surface area contributed by atoms with Gasteiger partial charge in [0.15, 0.2) is 0 Å². The Hall–Kier alpha value is -2.17. The summed E-state index contributed by atoms with van der Waals surface area (Å²) in [4.78, 5) is 14.5. The standard InChI is InChI=1S/C16H17FN2O2/c1-10-15(11(2)21-18-10)16(20)19-9-5-8-14(19)12-6-3-4-7-13(12)17/h3-4,6-7,14H,5,8-9H2,1-2H3/t14-/m1/s1. The molecule has 3 rings (SSSR count). The molecule has 1 amide bonds. The zero-order chi connectivity index (χ0) is 15.0. The van der Waals surface area contributed by atoms with Crippen LogP contribution >= 0.6 is 0 Å². The number of carbonyl (C=O) groups excluding carboxylic acids is 1. The molecule has 0 bridgehead atoms. The number of hydrogen-bond acceptors (Lipinski definition) is 3. The van der Waals surface area contributed by atoms with Crippen molar-refractivity contribution in [1.29, 1.82) is 0 Å². The molecule has 5 heteroatoms. The average Bonchev–Trinajstić information content (AvgIpc) is 3.06. The lowest BCUT2D eigenvalue weighted by atomic mass is 10.0. The molecule has 1 aromatic heterocycles. The number of amides is 1. The third kappa shape index (κ3) is 2.33. The van der Waals surface area contributed by atoms with Gasteiger partial charge >= 0.3 is 0 Å². The number of hydrogen-bond donors (Lipinski definition) is 0. The second-order valence-electron chi connectivity index (χ2n) is 5.38. The van der Waals surface area contributed by atoms with E-state index < -0.39 is 0 Å². The molecule has 0 aliphatic carbocycles. The molecule has 0 saturated carbocycles. The normalized spacial score (nSPS) is 18.2. The summed E-state index contributed by atoms with van der Waals surface area (Å²) in [6.07, 6.45) is 1.64. The van der Waals surface area contributed by atoms with Gasteiger partial charge in [-0.1, -0.05) is 23.4 Å². The summed E-state index contributed by atoms with van der Waals surface area (Å²) >= 11 is 0. The summed E-state index contributed by atoms with van der Waals surface area (Å²) in [7, 11) is 0. The van der Waals surface area contributed by atoms with Gasteiger partial charge < -0.3 is 9.42 Å². The molecule has 0 radical (unpaired) electrons. The lowest BCUT2D eigenvalue weighted by Crippen LogP contribution is -2.31. The van der Waals surface area contributed by atoms with Crippen molar-refractivity contribution in [3.05, 3.63) is 52.7 Å². The Morgan fingerprint density at radius 2 is 2.14 bits per heavy atom. The van der Waals surface area contributed by atoms with E-state index in [9.17, 15) is 9.18 Å². The molecule has 1 aliphatic heterocycles. The van der Waals surface area contributed by atoms with E-state index in [1.807, 2.05) is 0 Å². The van der Waals surface area contributed by atoms with E-state index in [0.717, 1.165) is 12.8 Å². The third-order valence-corrected chi connectivity index (χ3v) is 4.03. The van der Waals surface area contributed by atoms with Crippen molar-refractivity contribution in [1.82, 2.24) is 10.1 Å². The highest BCUT2D eigenvalue weighted by molar-refractivity contribution is 5.96. The quantitative estimate of drug-likeness (QED) is 0.850. The maximum absolute atomic E-state index is 14.0. The Balaban J connectivity index is 1.95. The molecule has 1 aliphatic rings. The van der Waals surface area contributed by atoms with Crippen molar-refractivity contribution >= 4 is 5.91 Å². The average molecular weight is 288 g/mol. The summed E-state index contributed by atoms with van der Waals surface area (Å²) in [5.41, 5.74) is 1.66. The Bertz CT molecular complexity index is 661. The van der Waals surface area contributed by atoms with Gasteiger partial charge in [-0.05, 0) is 32.8 Å². The minimum atomic E-state index is -0.263. The Morgan fingerprint density at radius 1 is 1.38 bits per heavy atom. The highest BCUT2D eigenvalue weighted by Crippen LogP contribution is 2.35. The second kappa shape index (κ2) is 5.31. The lowest BCUT2D eigenvalue weighted by Gasteiger charge is -2.25. The molecule has 110 valence electrons. The fourth-order valence-corrected chi connectivity index (χ4v) is 3.01. The number of likely N-dealkylation sites (tertiary alicyclic amines) is 1. The molecule has 21 heavy (non-hydrogen) atoms. The lowest BCUT2D eigenvalue weighted by molar-refractivity contribution is 0.0731. The monoisotopic (exact) mass is 288 g/mol. The topological polar surface area (TPSA) is 46.3 Å². The van der Waals surface area contributed by atoms with Crippen LogP contribution in [0, 0.1) is 19.7 Å². The smallest absolute Gasteiger partial charge is 0.259 e. The number of aromatic nitrogens is 1. The van der Waals surface area contributed by atoms with Crippen molar-refractivity contribution in [2.45, 2.75) is 32.7 Å². The van der Waals surface area contributed by atoms with E-state index in [1.54, 1.807) is 36.9 Å². The maximum Gasteiger partial charge on any atom is 0.259 e. The summed E-state index contributed by atoms with van der Waals surface area (Å²) in [6, 6.07) is 6.43. The molecule has 0 unspecified atom stereocenters. The van der Waals surface area contributed by atoms with Crippen LogP contribution in [0.4, 0.5) is 4.39 Å². The largest absolute Gasteiger partial charge is 0.361 e. The summed E-state index contributed by atoms with van der Waals surface area (Å²) in [5, 5.41) is 3.83. The minimum Gasteiger partial charge on any atom is -0.361 e. The van der Waals surface area contributed by atoms with Gasteiger partial charge in [-0.25, -0.2) is 4.39 Å². The van der Waals surface area contributed by atoms with Crippen molar-refractivity contribution in [2.24, 2.45) is 0 Å². The number of rotatable bonds is 2. The van der Waals surface area contributed by atoms with Crippen LogP contribution in [0.1, 0.15) is 46.3 Å². The van der Waals surface area contributed by atoms with E-state index in [2.05, 4.69) is 5.16 Å². The van der Waals surface area contributed by atoms with Gasteiger partial charge in [-0.15, -0.1) is 0 Å². The first-order valence-corrected chi connectivity index (χ1v) is 7.08.